The Morgan fingerprint density at radius 1 is 1.64 bits per heavy atom. The second kappa shape index (κ2) is 3.75. The Bertz CT molecular complexity index is 384. The number of hydrogen-bond acceptors (Lipinski definition) is 3. The van der Waals surface area contributed by atoms with E-state index in [1.54, 1.807) is 0 Å². The normalized spacial score (nSPS) is 10.6. The number of hydrogen-bond donors (Lipinski definition) is 2. The zero-order valence-corrected chi connectivity index (χ0v) is 7.42. The minimum absolute atomic E-state index is 0.243. The van der Waals surface area contributed by atoms with Crippen molar-refractivity contribution >= 4 is 23.3 Å². The van der Waals surface area contributed by atoms with E-state index in [0.717, 1.165) is 6.07 Å². The molecule has 0 saturated heterocycles. The minimum Gasteiger partial charge on any atom is -0.477 e. The molecule has 3 N–H and O–H groups in total. The quantitative estimate of drug-likeness (QED) is 0.802. The maximum absolute atomic E-state index is 12.3. The molecule has 0 fully saturated rings. The number of nitrogens with two attached hydrogens (primary N) is 1. The second-order valence-electron chi connectivity index (χ2n) is 2.39. The molecule has 0 aliphatic carbocycles. The summed E-state index contributed by atoms with van der Waals surface area (Å²) in [6.07, 6.45) is -2.95. The Labute approximate surface area is 82.3 Å². The van der Waals surface area contributed by atoms with E-state index in [1.807, 2.05) is 0 Å². The first-order valence-corrected chi connectivity index (χ1v) is 3.78. The molecule has 76 valence electrons. The largest absolute Gasteiger partial charge is 0.477 e. The maximum Gasteiger partial charge on any atom is 0.354 e. The lowest BCUT2D eigenvalue weighted by Crippen LogP contribution is -2.07. The molecule has 0 spiro atoms. The second-order valence-corrected chi connectivity index (χ2v) is 2.80. The van der Waals surface area contributed by atoms with Gasteiger partial charge in [-0.2, -0.15) is 0 Å². The van der Waals surface area contributed by atoms with Gasteiger partial charge in [0.25, 0.3) is 6.43 Å². The standard InChI is InChI=1S/C7H5ClF2N2O2/c8-2-1-3(7(13)14)12-5(4(2)11)6(9)10/h1,6H,11H2,(H,13,14). The topological polar surface area (TPSA) is 76.2 Å². The summed E-state index contributed by atoms with van der Waals surface area (Å²) in [5.74, 6) is -1.44. The highest BCUT2D eigenvalue weighted by molar-refractivity contribution is 6.33. The first-order valence-electron chi connectivity index (χ1n) is 3.41. The molecule has 1 aromatic rings. The van der Waals surface area contributed by atoms with Crippen LogP contribution in [0, 0.1) is 0 Å². The molecule has 0 unspecified atom stereocenters. The molecule has 1 heterocycles. The number of aromatic nitrogens is 1. The van der Waals surface area contributed by atoms with E-state index in [4.69, 9.17) is 22.4 Å². The smallest absolute Gasteiger partial charge is 0.354 e. The molecule has 0 radical (unpaired) electrons. The fourth-order valence-electron chi connectivity index (χ4n) is 0.818. The van der Waals surface area contributed by atoms with E-state index in [-0.39, 0.29) is 5.02 Å². The molecule has 0 amide bonds. The molecule has 0 aliphatic heterocycles. The van der Waals surface area contributed by atoms with E-state index >= 15 is 0 Å². The number of carboxylic acids is 1. The molecule has 7 heteroatoms. The highest BCUT2D eigenvalue weighted by Gasteiger charge is 2.19. The molecule has 4 nitrogen and oxygen atoms in total. The van der Waals surface area contributed by atoms with Crippen LogP contribution in [-0.2, 0) is 0 Å². The monoisotopic (exact) mass is 222 g/mol. The Morgan fingerprint density at radius 2 is 2.21 bits per heavy atom. The van der Waals surface area contributed by atoms with Crippen LogP contribution in [0.2, 0.25) is 5.02 Å². The van der Waals surface area contributed by atoms with Crippen molar-refractivity contribution in [3.05, 3.63) is 22.5 Å². The Morgan fingerprint density at radius 3 is 2.64 bits per heavy atom. The number of aromatic carboxylic acids is 1. The minimum atomic E-state index is -2.95. The van der Waals surface area contributed by atoms with Gasteiger partial charge in [-0.05, 0) is 6.07 Å². The van der Waals surface area contributed by atoms with Gasteiger partial charge in [0.2, 0.25) is 0 Å². The molecule has 0 saturated carbocycles. The van der Waals surface area contributed by atoms with Crippen molar-refractivity contribution in [1.82, 2.24) is 4.98 Å². The molecular weight excluding hydrogens is 218 g/mol. The summed E-state index contributed by atoms with van der Waals surface area (Å²) in [6.45, 7) is 0. The first-order chi connectivity index (χ1) is 6.43. The molecule has 1 rings (SSSR count). The Kier molecular flexibility index (Phi) is 2.85. The van der Waals surface area contributed by atoms with Gasteiger partial charge in [-0.3, -0.25) is 0 Å². The number of rotatable bonds is 2. The summed E-state index contributed by atoms with van der Waals surface area (Å²) in [5, 5.41) is 8.26. The fourth-order valence-corrected chi connectivity index (χ4v) is 1.02. The molecule has 0 bridgehead atoms. The van der Waals surface area contributed by atoms with Gasteiger partial charge >= 0.3 is 5.97 Å². The number of carbonyl (C=O) groups is 1. The zero-order valence-electron chi connectivity index (χ0n) is 6.67. The number of alkyl halides is 2. The van der Waals surface area contributed by atoms with E-state index in [0.29, 0.717) is 0 Å². The molecule has 0 atom stereocenters. The van der Waals surface area contributed by atoms with Gasteiger partial charge in [0.05, 0.1) is 10.7 Å². The van der Waals surface area contributed by atoms with Crippen molar-refractivity contribution in [2.24, 2.45) is 0 Å². The van der Waals surface area contributed by atoms with E-state index in [1.165, 1.54) is 0 Å². The van der Waals surface area contributed by atoms with Crippen molar-refractivity contribution in [3.8, 4) is 0 Å². The van der Waals surface area contributed by atoms with Crippen molar-refractivity contribution < 1.29 is 18.7 Å². The summed E-state index contributed by atoms with van der Waals surface area (Å²) < 4.78 is 24.5. The number of anilines is 1. The predicted molar refractivity (Wildman–Crippen MR) is 45.6 cm³/mol. The highest BCUT2D eigenvalue weighted by atomic mass is 35.5. The number of halogens is 3. The van der Waals surface area contributed by atoms with Gasteiger partial charge in [-0.25, -0.2) is 18.6 Å². The molecule has 1 aromatic heterocycles. The van der Waals surface area contributed by atoms with E-state index in [2.05, 4.69) is 4.98 Å². The van der Waals surface area contributed by atoms with E-state index in [9.17, 15) is 13.6 Å². The first kappa shape index (κ1) is 10.6. The van der Waals surface area contributed by atoms with Gasteiger partial charge in [0.1, 0.15) is 11.4 Å². The lowest BCUT2D eigenvalue weighted by atomic mass is 10.2. The number of carboxylic acid groups (broad SMARTS) is 1. The van der Waals surface area contributed by atoms with Crippen LogP contribution in [0.1, 0.15) is 22.6 Å². The average molecular weight is 223 g/mol. The molecular formula is C7H5ClF2N2O2. The van der Waals surface area contributed by atoms with Gasteiger partial charge < -0.3 is 10.8 Å². The van der Waals surface area contributed by atoms with Gasteiger partial charge in [0, 0.05) is 0 Å². The third kappa shape index (κ3) is 1.90. The maximum atomic E-state index is 12.3. The summed E-state index contributed by atoms with van der Waals surface area (Å²) in [5.41, 5.74) is 3.42. The third-order valence-corrected chi connectivity index (χ3v) is 1.78. The van der Waals surface area contributed by atoms with Crippen molar-refractivity contribution in [3.63, 3.8) is 0 Å². The van der Waals surface area contributed by atoms with Gasteiger partial charge in [-0.1, -0.05) is 11.6 Å². The number of nitrogen functional groups attached to an aromatic ring is 1. The molecule has 14 heavy (non-hydrogen) atoms. The predicted octanol–water partition coefficient (Wildman–Crippen LogP) is 1.95. The van der Waals surface area contributed by atoms with Crippen LogP contribution in [0.3, 0.4) is 0 Å². The average Bonchev–Trinajstić information content (AvgIpc) is 2.08. The Hall–Kier alpha value is -1.43. The summed E-state index contributed by atoms with van der Waals surface area (Å²) in [6, 6.07) is 0.922. The summed E-state index contributed by atoms with van der Waals surface area (Å²) in [4.78, 5) is 13.6. The highest BCUT2D eigenvalue weighted by Crippen LogP contribution is 2.29. The summed E-state index contributed by atoms with van der Waals surface area (Å²) >= 11 is 5.45. The fraction of sp³-hybridized carbons (Fsp3) is 0.143. The third-order valence-electron chi connectivity index (χ3n) is 1.46. The van der Waals surface area contributed by atoms with Gasteiger partial charge in [0.15, 0.2) is 0 Å². The van der Waals surface area contributed by atoms with Crippen molar-refractivity contribution in [2.45, 2.75) is 6.43 Å². The SMILES string of the molecule is Nc1c(Cl)cc(C(=O)O)nc1C(F)F. The van der Waals surface area contributed by atoms with Crippen LogP contribution < -0.4 is 5.73 Å². The van der Waals surface area contributed by atoms with Crippen LogP contribution in [0.25, 0.3) is 0 Å². The van der Waals surface area contributed by atoms with Gasteiger partial charge in [-0.15, -0.1) is 0 Å². The zero-order chi connectivity index (χ0) is 10.9. The number of nitrogens with zero attached hydrogens (tertiary/aromatic N) is 1. The lowest BCUT2D eigenvalue weighted by Gasteiger charge is -2.06. The summed E-state index contributed by atoms with van der Waals surface area (Å²) in [7, 11) is 0. The Balaban J connectivity index is 3.35. The van der Waals surface area contributed by atoms with Crippen molar-refractivity contribution in [2.75, 3.05) is 5.73 Å². The van der Waals surface area contributed by atoms with E-state index < -0.39 is 29.5 Å². The van der Waals surface area contributed by atoms with Crippen LogP contribution in [0.4, 0.5) is 14.5 Å². The van der Waals surface area contributed by atoms with Crippen LogP contribution in [0.5, 0.6) is 0 Å². The van der Waals surface area contributed by atoms with Crippen LogP contribution >= 0.6 is 11.6 Å². The lowest BCUT2D eigenvalue weighted by molar-refractivity contribution is 0.0689. The van der Waals surface area contributed by atoms with Crippen LogP contribution in [-0.4, -0.2) is 16.1 Å². The molecule has 0 aliphatic rings. The number of pyridine rings is 1. The van der Waals surface area contributed by atoms with Crippen LogP contribution in [0.15, 0.2) is 6.07 Å². The molecule has 0 aromatic carbocycles. The van der Waals surface area contributed by atoms with Crippen molar-refractivity contribution in [1.29, 1.82) is 0 Å².